The highest BCUT2D eigenvalue weighted by molar-refractivity contribution is 6.51. The Hall–Kier alpha value is 0.0599. The van der Waals surface area contributed by atoms with Gasteiger partial charge in [0.1, 0.15) is 7.28 Å². The van der Waals surface area contributed by atoms with Gasteiger partial charge in [0.05, 0.1) is 0 Å². The molecule has 0 aliphatic rings. The second-order valence-electron chi connectivity index (χ2n) is 1.04. The minimum Gasteiger partial charge on any atom is -0.342 e. The van der Waals surface area contributed by atoms with Gasteiger partial charge in [0.15, 0.2) is 0 Å². The zero-order valence-corrected chi connectivity index (χ0v) is 3.50. The molecule has 0 nitrogen and oxygen atoms in total. The first-order chi connectivity index (χ1) is 2.41. The molecule has 3 heteroatoms. The first kappa shape index (κ1) is 5.06. The zero-order valence-electron chi connectivity index (χ0n) is 3.50. The number of halogens is 1. The lowest BCUT2D eigenvalue weighted by Crippen LogP contribution is -1.83. The smallest absolute Gasteiger partial charge is 0.323 e. The highest BCUT2D eigenvalue weighted by Crippen LogP contribution is 1.70. The van der Waals surface area contributed by atoms with Crippen molar-refractivity contribution < 1.29 is 4.32 Å². The summed E-state index contributed by atoms with van der Waals surface area (Å²) in [5, 5.41) is 0. The summed E-state index contributed by atoms with van der Waals surface area (Å²) in [6, 6.07) is 0. The van der Waals surface area contributed by atoms with E-state index >= 15 is 0 Å². The minimum atomic E-state index is -0.156. The van der Waals surface area contributed by atoms with Crippen LogP contribution in [0, 0.1) is 0 Å². The third-order valence-corrected chi connectivity index (χ3v) is 0.487. The fraction of sp³-hybridized carbons (Fsp3) is 1.00. The Kier molecular flexibility index (Phi) is 4.11. The van der Waals surface area contributed by atoms with Crippen LogP contribution < -0.4 is 0 Å². The van der Waals surface area contributed by atoms with E-state index in [1.807, 2.05) is 6.82 Å². The van der Waals surface area contributed by atoms with Gasteiger partial charge in [0.25, 0.3) is 0 Å². The van der Waals surface area contributed by atoms with Crippen molar-refractivity contribution in [2.75, 3.05) is 0 Å². The van der Waals surface area contributed by atoms with Crippen LogP contribution in [0.25, 0.3) is 0 Å². The Bertz CT molecular complexity index is 15.1. The quantitative estimate of drug-likeness (QED) is 0.407. The highest BCUT2D eigenvalue weighted by Gasteiger charge is 1.80. The Morgan fingerprint density at radius 2 is 2.40 bits per heavy atom. The van der Waals surface area contributed by atoms with Gasteiger partial charge in [-0.3, -0.25) is 0 Å². The van der Waals surface area contributed by atoms with Gasteiger partial charge in [-0.15, -0.1) is 0 Å². The van der Waals surface area contributed by atoms with Crippen LogP contribution in [0.3, 0.4) is 0 Å². The lowest BCUT2D eigenvalue weighted by molar-refractivity contribution is 0.873. The summed E-state index contributed by atoms with van der Waals surface area (Å²) in [6.45, 7) is 1.97. The van der Waals surface area contributed by atoms with Gasteiger partial charge in [-0.2, -0.15) is 0 Å². The average Bonchev–Trinajstić information content (AvgIpc) is 1.41. The fourth-order valence-corrected chi connectivity index (χ4v) is 0.134. The van der Waals surface area contributed by atoms with Crippen LogP contribution in [0.15, 0.2) is 0 Å². The van der Waals surface area contributed by atoms with E-state index in [0.717, 1.165) is 13.5 Å². The first-order valence-electron chi connectivity index (χ1n) is 1.97. The topological polar surface area (TPSA) is 0 Å². The largest absolute Gasteiger partial charge is 0.342 e. The molecule has 0 N–H and O–H groups in total. The van der Waals surface area contributed by atoms with Gasteiger partial charge >= 0.3 is 7.56 Å². The first-order valence-corrected chi connectivity index (χ1v) is 1.97. The number of hydrogen-bond donors (Lipinski definition) is 0. The molecule has 0 aromatic rings. The summed E-state index contributed by atoms with van der Waals surface area (Å²) in [5.41, 5.74) is 0. The summed E-state index contributed by atoms with van der Waals surface area (Å²) in [7, 11) is 0.812. The van der Waals surface area contributed by atoms with Crippen LogP contribution in [0.2, 0.25) is 13.0 Å². The van der Waals surface area contributed by atoms with Crippen LogP contribution in [0.5, 0.6) is 0 Å². The molecule has 0 atom stereocenters. The molecule has 0 aromatic heterocycles. The third-order valence-electron chi connectivity index (χ3n) is 0.487. The van der Waals surface area contributed by atoms with Gasteiger partial charge < -0.3 is 4.32 Å². The molecule has 0 radical (unpaired) electrons. The predicted molar refractivity (Wildman–Crippen MR) is 26.1 cm³/mol. The molecular formula is C2H7B2F. The summed E-state index contributed by atoms with van der Waals surface area (Å²) in [5.74, 6) is 0. The van der Waals surface area contributed by atoms with Gasteiger partial charge in [-0.25, -0.2) is 0 Å². The van der Waals surface area contributed by atoms with E-state index in [9.17, 15) is 4.32 Å². The monoisotopic (exact) mass is 72.1 g/mol. The van der Waals surface area contributed by atoms with Crippen molar-refractivity contribution in [2.24, 2.45) is 0 Å². The Morgan fingerprint density at radius 1 is 1.80 bits per heavy atom. The van der Waals surface area contributed by atoms with Crippen molar-refractivity contribution in [1.82, 2.24) is 0 Å². The number of rotatable bonds is 2. The van der Waals surface area contributed by atoms with Crippen molar-refractivity contribution in [1.29, 1.82) is 0 Å². The van der Waals surface area contributed by atoms with Crippen molar-refractivity contribution in [3.63, 3.8) is 0 Å². The fourth-order valence-electron chi connectivity index (χ4n) is 0.134. The molecule has 0 unspecified atom stereocenters. The van der Waals surface area contributed by atoms with Crippen LogP contribution in [-0.4, -0.2) is 14.8 Å². The van der Waals surface area contributed by atoms with Gasteiger partial charge in [-0.1, -0.05) is 13.0 Å². The molecule has 0 bridgehead atoms. The average molecular weight is 71.7 g/mol. The lowest BCUT2D eigenvalue weighted by Gasteiger charge is -1.69. The maximum Gasteiger partial charge on any atom is 0.323 e. The van der Waals surface area contributed by atoms with E-state index in [-0.39, 0.29) is 7.56 Å². The normalized spacial score (nSPS) is 6.80. The SMILES string of the molecule is CBCBF. The number of hydrogen-bond acceptors (Lipinski definition) is 0. The zero-order chi connectivity index (χ0) is 4.12. The Morgan fingerprint density at radius 3 is 2.40 bits per heavy atom. The van der Waals surface area contributed by atoms with Crippen LogP contribution in [0.1, 0.15) is 0 Å². The maximum atomic E-state index is 11.0. The summed E-state index contributed by atoms with van der Waals surface area (Å²) in [6.07, 6.45) is 0.722. The second-order valence-corrected chi connectivity index (χ2v) is 1.04. The highest BCUT2D eigenvalue weighted by atomic mass is 19.1. The summed E-state index contributed by atoms with van der Waals surface area (Å²) in [4.78, 5) is 0. The second kappa shape index (κ2) is 4.06. The van der Waals surface area contributed by atoms with Crippen molar-refractivity contribution in [3.05, 3.63) is 0 Å². The molecule has 0 heterocycles. The minimum absolute atomic E-state index is 0.156. The van der Waals surface area contributed by atoms with E-state index < -0.39 is 0 Å². The van der Waals surface area contributed by atoms with Gasteiger partial charge in [0.2, 0.25) is 0 Å². The molecule has 0 saturated heterocycles. The third kappa shape index (κ3) is 4.06. The summed E-state index contributed by atoms with van der Waals surface area (Å²) < 4.78 is 11.0. The molecule has 0 aliphatic carbocycles. The van der Waals surface area contributed by atoms with Crippen LogP contribution >= 0.6 is 0 Å². The maximum absolute atomic E-state index is 11.0. The van der Waals surface area contributed by atoms with E-state index in [4.69, 9.17) is 0 Å². The molecular weight excluding hydrogens is 64.6 g/mol. The molecule has 0 amide bonds. The molecule has 0 spiro atoms. The molecule has 5 heavy (non-hydrogen) atoms. The van der Waals surface area contributed by atoms with Crippen LogP contribution in [-0.2, 0) is 0 Å². The summed E-state index contributed by atoms with van der Waals surface area (Å²) >= 11 is 0. The molecule has 0 fully saturated rings. The molecule has 0 saturated carbocycles. The van der Waals surface area contributed by atoms with Crippen molar-refractivity contribution >= 4 is 14.8 Å². The molecule has 0 aromatic carbocycles. The van der Waals surface area contributed by atoms with E-state index in [1.165, 1.54) is 0 Å². The van der Waals surface area contributed by atoms with Crippen LogP contribution in [0.4, 0.5) is 4.32 Å². The lowest BCUT2D eigenvalue weighted by atomic mass is 9.66. The molecule has 0 rings (SSSR count). The Labute approximate surface area is 33.3 Å². The van der Waals surface area contributed by atoms with E-state index in [1.54, 1.807) is 0 Å². The molecule has 0 aliphatic heterocycles. The van der Waals surface area contributed by atoms with Crippen molar-refractivity contribution in [2.45, 2.75) is 13.0 Å². The van der Waals surface area contributed by atoms with Gasteiger partial charge in [-0.05, 0) is 0 Å². The van der Waals surface area contributed by atoms with Gasteiger partial charge in [0, 0.05) is 0 Å². The standard InChI is InChI=1S/C2H7B2F/c1-3-2-4-5/h3-4H,2H2,1H3. The Balaban J connectivity index is 2.19. The van der Waals surface area contributed by atoms with Crippen molar-refractivity contribution in [3.8, 4) is 0 Å². The van der Waals surface area contributed by atoms with E-state index in [0.29, 0.717) is 0 Å². The predicted octanol–water partition coefficient (Wildman–Crippen LogP) is 0.168. The molecule has 28 valence electrons. The van der Waals surface area contributed by atoms with E-state index in [2.05, 4.69) is 0 Å².